The molecular weight excluding hydrogens is 466 g/mol. The van der Waals surface area contributed by atoms with Crippen molar-refractivity contribution < 1.29 is 9.59 Å². The van der Waals surface area contributed by atoms with Crippen molar-refractivity contribution in [3.8, 4) is 0 Å². The second kappa shape index (κ2) is 8.31. The van der Waals surface area contributed by atoms with Gasteiger partial charge in [-0.1, -0.05) is 105 Å². The molecule has 2 fully saturated rings. The van der Waals surface area contributed by atoms with Gasteiger partial charge < -0.3 is 0 Å². The molecule has 180 valence electrons. The lowest BCUT2D eigenvalue weighted by molar-refractivity contribution is -0.122. The molecule has 6 rings (SSSR count). The molecule has 0 unspecified atom stereocenters. The second-order valence-corrected chi connectivity index (χ2v) is 11.4. The molecule has 0 N–H and O–H groups in total. The molecule has 1 saturated heterocycles. The van der Waals surface area contributed by atoms with E-state index in [-0.39, 0.29) is 35.0 Å². The summed E-state index contributed by atoms with van der Waals surface area (Å²) in [6, 6.07) is 27.7. The highest BCUT2D eigenvalue weighted by atomic mass is 35.5. The van der Waals surface area contributed by atoms with Crippen molar-refractivity contribution in [2.75, 3.05) is 4.90 Å². The van der Waals surface area contributed by atoms with Crippen LogP contribution in [0.25, 0.3) is 5.57 Å². The molecule has 0 spiro atoms. The van der Waals surface area contributed by atoms with Gasteiger partial charge in [-0.3, -0.25) is 9.59 Å². The number of fused-ring (bicyclic) bond motifs is 5. The first-order valence-electron chi connectivity index (χ1n) is 12.5. The van der Waals surface area contributed by atoms with Gasteiger partial charge in [0.05, 0.1) is 17.5 Å². The van der Waals surface area contributed by atoms with Crippen molar-refractivity contribution >= 4 is 34.7 Å². The number of hydrogen-bond donors (Lipinski definition) is 0. The first-order chi connectivity index (χ1) is 17.3. The summed E-state index contributed by atoms with van der Waals surface area (Å²) in [7, 11) is 0. The standard InChI is InChI=1S/C32H28ClNO2/c1-32(2,3)24-18-23-26(25(19-10-6-4-7-11-19)20-12-8-5-9-13-20)28(24)29-27(23)30(35)34(31(29)36)22-16-14-21(33)15-17-22/h4-18,23,27-29H,1-3H3/t23-,27+,28-,29-/m0/s1. The zero-order valence-corrected chi connectivity index (χ0v) is 21.4. The van der Waals surface area contributed by atoms with Gasteiger partial charge in [-0.05, 0) is 52.0 Å². The number of carbonyl (C=O) groups excluding carboxylic acids is 2. The van der Waals surface area contributed by atoms with Crippen LogP contribution in [0.3, 0.4) is 0 Å². The fourth-order valence-electron chi connectivity index (χ4n) is 6.48. The molecule has 2 aliphatic carbocycles. The predicted octanol–water partition coefficient (Wildman–Crippen LogP) is 7.18. The van der Waals surface area contributed by atoms with E-state index in [9.17, 15) is 9.59 Å². The molecule has 36 heavy (non-hydrogen) atoms. The van der Waals surface area contributed by atoms with Gasteiger partial charge >= 0.3 is 0 Å². The Morgan fingerprint density at radius 3 is 1.81 bits per heavy atom. The lowest BCUT2D eigenvalue weighted by Gasteiger charge is -2.31. The highest BCUT2D eigenvalue weighted by Crippen LogP contribution is 2.64. The van der Waals surface area contributed by atoms with Crippen LogP contribution < -0.4 is 4.90 Å². The SMILES string of the molecule is CC(C)(C)C1=C[C@H]2C(=C(c3ccccc3)c3ccccc3)[C@H]1[C@H]1C(=O)N(c3ccc(Cl)cc3)C(=O)[C@@H]12. The number of hydrogen-bond acceptors (Lipinski definition) is 2. The minimum absolute atomic E-state index is 0.104. The Bertz CT molecular complexity index is 1370. The van der Waals surface area contributed by atoms with Gasteiger partial charge in [0.25, 0.3) is 0 Å². The van der Waals surface area contributed by atoms with Crippen molar-refractivity contribution in [2.24, 2.45) is 29.1 Å². The third-order valence-electron chi connectivity index (χ3n) is 7.90. The number of nitrogens with zero attached hydrogens (tertiary/aromatic N) is 1. The van der Waals surface area contributed by atoms with Gasteiger partial charge in [0.15, 0.2) is 0 Å². The number of halogens is 1. The fourth-order valence-corrected chi connectivity index (χ4v) is 6.61. The van der Waals surface area contributed by atoms with Gasteiger partial charge in [0, 0.05) is 16.9 Å². The van der Waals surface area contributed by atoms with E-state index >= 15 is 0 Å². The lowest BCUT2D eigenvalue weighted by atomic mass is 9.71. The van der Waals surface area contributed by atoms with E-state index in [0.717, 1.165) is 16.7 Å². The highest BCUT2D eigenvalue weighted by molar-refractivity contribution is 6.31. The van der Waals surface area contributed by atoms with Crippen LogP contribution in [0.5, 0.6) is 0 Å². The van der Waals surface area contributed by atoms with Crippen LogP contribution in [-0.2, 0) is 9.59 Å². The summed E-state index contributed by atoms with van der Waals surface area (Å²) < 4.78 is 0. The summed E-state index contributed by atoms with van der Waals surface area (Å²) in [6.45, 7) is 6.61. The zero-order chi connectivity index (χ0) is 25.2. The Balaban J connectivity index is 1.56. The van der Waals surface area contributed by atoms with E-state index in [2.05, 4.69) is 51.1 Å². The average molecular weight is 494 g/mol. The molecule has 1 aliphatic heterocycles. The van der Waals surface area contributed by atoms with Gasteiger partial charge in [0.1, 0.15) is 0 Å². The van der Waals surface area contributed by atoms with E-state index in [1.165, 1.54) is 16.0 Å². The van der Waals surface area contributed by atoms with Crippen LogP contribution in [0.1, 0.15) is 31.9 Å². The van der Waals surface area contributed by atoms with E-state index in [4.69, 9.17) is 11.6 Å². The number of carbonyl (C=O) groups is 2. The van der Waals surface area contributed by atoms with Crippen LogP contribution >= 0.6 is 11.6 Å². The van der Waals surface area contributed by atoms with Crippen molar-refractivity contribution in [3.05, 3.63) is 118 Å². The smallest absolute Gasteiger partial charge is 0.238 e. The third-order valence-corrected chi connectivity index (χ3v) is 8.15. The molecule has 4 atom stereocenters. The Morgan fingerprint density at radius 2 is 1.28 bits per heavy atom. The molecule has 3 aromatic rings. The molecule has 3 aromatic carbocycles. The van der Waals surface area contributed by atoms with Crippen molar-refractivity contribution in [3.63, 3.8) is 0 Å². The summed E-state index contributed by atoms with van der Waals surface area (Å²) in [4.78, 5) is 29.3. The first-order valence-corrected chi connectivity index (χ1v) is 12.9. The Labute approximate surface area is 217 Å². The van der Waals surface area contributed by atoms with Crippen LogP contribution in [0.15, 0.2) is 102 Å². The lowest BCUT2D eigenvalue weighted by Crippen LogP contribution is -2.34. The van der Waals surface area contributed by atoms with Crippen LogP contribution in [-0.4, -0.2) is 11.8 Å². The number of benzene rings is 3. The Hall–Kier alpha value is -3.43. The van der Waals surface area contributed by atoms with Crippen molar-refractivity contribution in [2.45, 2.75) is 20.8 Å². The largest absolute Gasteiger partial charge is 0.274 e. The van der Waals surface area contributed by atoms with Crippen LogP contribution in [0.2, 0.25) is 5.02 Å². The fraction of sp³-hybridized carbons (Fsp3) is 0.250. The van der Waals surface area contributed by atoms with Gasteiger partial charge in [0.2, 0.25) is 11.8 Å². The molecule has 4 heteroatoms. The zero-order valence-electron chi connectivity index (χ0n) is 20.6. The Morgan fingerprint density at radius 1 is 0.750 bits per heavy atom. The maximum Gasteiger partial charge on any atom is 0.238 e. The average Bonchev–Trinajstić information content (AvgIpc) is 3.48. The highest BCUT2D eigenvalue weighted by Gasteiger charge is 2.65. The minimum Gasteiger partial charge on any atom is -0.274 e. The van der Waals surface area contributed by atoms with E-state index < -0.39 is 5.92 Å². The third kappa shape index (κ3) is 3.41. The number of anilines is 1. The van der Waals surface area contributed by atoms with E-state index in [0.29, 0.717) is 10.7 Å². The van der Waals surface area contributed by atoms with Crippen LogP contribution in [0.4, 0.5) is 5.69 Å². The van der Waals surface area contributed by atoms with Crippen LogP contribution in [0, 0.1) is 29.1 Å². The minimum atomic E-state index is -0.394. The summed E-state index contributed by atoms with van der Waals surface area (Å²) in [5, 5.41) is 0.579. The molecule has 3 aliphatic rings. The second-order valence-electron chi connectivity index (χ2n) is 11.0. The summed E-state index contributed by atoms with van der Waals surface area (Å²) in [5.41, 5.74) is 6.33. The quantitative estimate of drug-likeness (QED) is 0.286. The van der Waals surface area contributed by atoms with E-state index in [1.807, 2.05) is 36.4 Å². The van der Waals surface area contributed by atoms with Gasteiger partial charge in [-0.15, -0.1) is 0 Å². The monoisotopic (exact) mass is 493 g/mol. The predicted molar refractivity (Wildman–Crippen MR) is 144 cm³/mol. The molecule has 1 saturated carbocycles. The van der Waals surface area contributed by atoms with E-state index in [1.54, 1.807) is 24.3 Å². The molecule has 0 radical (unpaired) electrons. The number of imide groups is 1. The number of amides is 2. The topological polar surface area (TPSA) is 37.4 Å². The van der Waals surface area contributed by atoms with Crippen molar-refractivity contribution in [1.82, 2.24) is 0 Å². The molecule has 3 nitrogen and oxygen atoms in total. The molecule has 0 aromatic heterocycles. The summed E-state index contributed by atoms with van der Waals surface area (Å²) in [5.74, 6) is -1.21. The summed E-state index contributed by atoms with van der Waals surface area (Å²) >= 11 is 6.08. The maximum atomic E-state index is 14.0. The Kier molecular flexibility index (Phi) is 5.31. The number of allylic oxidation sites excluding steroid dienone is 3. The van der Waals surface area contributed by atoms with Crippen molar-refractivity contribution in [1.29, 1.82) is 0 Å². The maximum absolute atomic E-state index is 14.0. The molecule has 1 heterocycles. The normalized spacial score (nSPS) is 24.8. The molecule has 2 bridgehead atoms. The molecule has 2 amide bonds. The molecular formula is C32H28ClNO2. The summed E-state index contributed by atoms with van der Waals surface area (Å²) in [6.07, 6.45) is 2.30. The van der Waals surface area contributed by atoms with Gasteiger partial charge in [-0.2, -0.15) is 0 Å². The first kappa shape index (κ1) is 23.0. The van der Waals surface area contributed by atoms with Gasteiger partial charge in [-0.25, -0.2) is 4.90 Å². The number of rotatable bonds is 3.